The summed E-state index contributed by atoms with van der Waals surface area (Å²) in [5.41, 5.74) is 1.62. The summed E-state index contributed by atoms with van der Waals surface area (Å²) in [4.78, 5) is 4.39. The highest BCUT2D eigenvalue weighted by atomic mass is 15.3. The minimum absolute atomic E-state index is 0.490. The van der Waals surface area contributed by atoms with Gasteiger partial charge >= 0.3 is 0 Å². The van der Waals surface area contributed by atoms with Gasteiger partial charge in [0.25, 0.3) is 0 Å². The number of aryl methyl sites for hydroxylation is 1. The average Bonchev–Trinajstić information content (AvgIpc) is 2.87. The number of hydrogen-bond acceptors (Lipinski definition) is 3. The van der Waals surface area contributed by atoms with Gasteiger partial charge in [-0.3, -0.25) is 4.68 Å². The highest BCUT2D eigenvalue weighted by molar-refractivity contribution is 5.08. The van der Waals surface area contributed by atoms with Crippen LogP contribution in [0.1, 0.15) is 51.8 Å². The molecule has 1 N–H and O–H groups in total. The number of rotatable bonds is 7. The molecule has 0 spiro atoms. The van der Waals surface area contributed by atoms with E-state index in [1.165, 1.54) is 25.7 Å². The van der Waals surface area contributed by atoms with Crippen LogP contribution >= 0.6 is 0 Å². The van der Waals surface area contributed by atoms with Gasteiger partial charge in [0.2, 0.25) is 0 Å². The number of likely N-dealkylation sites (N-methyl/N-ethyl adjacent to an activating group) is 1. The molecule has 0 fully saturated rings. The molecule has 1 atom stereocenters. The van der Waals surface area contributed by atoms with Gasteiger partial charge in [0.15, 0.2) is 0 Å². The fourth-order valence-corrected chi connectivity index (χ4v) is 2.84. The summed E-state index contributed by atoms with van der Waals surface area (Å²) in [7, 11) is 0. The lowest BCUT2D eigenvalue weighted by Crippen LogP contribution is -2.32. The van der Waals surface area contributed by atoms with E-state index in [-0.39, 0.29) is 0 Å². The van der Waals surface area contributed by atoms with Crippen molar-refractivity contribution in [2.75, 3.05) is 6.54 Å². The van der Waals surface area contributed by atoms with E-state index in [1.807, 2.05) is 4.68 Å². The standard InChI is InChI=1S/C15H26N4/c1-3-16-14(10-13-8-6-5-7-9-13)11-15-17-12-18-19(15)4-2/h8,12,14,16H,3-7,9-11H2,1-2H3. The Morgan fingerprint density at radius 2 is 2.21 bits per heavy atom. The van der Waals surface area contributed by atoms with Crippen LogP contribution in [0.2, 0.25) is 0 Å². The molecule has 1 unspecified atom stereocenters. The van der Waals surface area contributed by atoms with Crippen LogP contribution in [-0.2, 0) is 13.0 Å². The predicted molar refractivity (Wildman–Crippen MR) is 78.0 cm³/mol. The van der Waals surface area contributed by atoms with E-state index in [9.17, 15) is 0 Å². The molecule has 0 bridgehead atoms. The highest BCUT2D eigenvalue weighted by Gasteiger charge is 2.15. The van der Waals surface area contributed by atoms with Gasteiger partial charge in [-0.25, -0.2) is 4.98 Å². The van der Waals surface area contributed by atoms with Crippen LogP contribution < -0.4 is 5.32 Å². The first-order valence-corrected chi connectivity index (χ1v) is 7.61. The first kappa shape index (κ1) is 14.3. The molecule has 106 valence electrons. The zero-order valence-corrected chi connectivity index (χ0v) is 12.2. The third-order valence-corrected chi connectivity index (χ3v) is 3.81. The van der Waals surface area contributed by atoms with Crippen LogP contribution in [-0.4, -0.2) is 27.4 Å². The molecule has 4 nitrogen and oxygen atoms in total. The van der Waals surface area contributed by atoms with Crippen molar-refractivity contribution in [2.45, 2.75) is 65.0 Å². The van der Waals surface area contributed by atoms with E-state index in [4.69, 9.17) is 0 Å². The van der Waals surface area contributed by atoms with E-state index >= 15 is 0 Å². The summed E-state index contributed by atoms with van der Waals surface area (Å²) in [6.07, 6.45) is 11.5. The minimum Gasteiger partial charge on any atom is -0.313 e. The minimum atomic E-state index is 0.490. The largest absolute Gasteiger partial charge is 0.313 e. The fraction of sp³-hybridized carbons (Fsp3) is 0.733. The predicted octanol–water partition coefficient (Wildman–Crippen LogP) is 2.71. The lowest BCUT2D eigenvalue weighted by Gasteiger charge is -2.21. The number of nitrogens with zero attached hydrogens (tertiary/aromatic N) is 3. The third kappa shape index (κ3) is 4.16. The molecule has 1 aliphatic rings. The van der Waals surface area contributed by atoms with Gasteiger partial charge in [-0.1, -0.05) is 18.6 Å². The number of hydrogen-bond donors (Lipinski definition) is 1. The topological polar surface area (TPSA) is 42.7 Å². The highest BCUT2D eigenvalue weighted by Crippen LogP contribution is 2.22. The van der Waals surface area contributed by atoms with Crippen molar-refractivity contribution in [2.24, 2.45) is 0 Å². The summed E-state index contributed by atoms with van der Waals surface area (Å²) in [6.45, 7) is 6.20. The van der Waals surface area contributed by atoms with E-state index in [1.54, 1.807) is 11.9 Å². The third-order valence-electron chi connectivity index (χ3n) is 3.81. The Morgan fingerprint density at radius 3 is 2.89 bits per heavy atom. The molecule has 0 radical (unpaired) electrons. The van der Waals surface area contributed by atoms with Crippen molar-refractivity contribution in [1.82, 2.24) is 20.1 Å². The van der Waals surface area contributed by atoms with Crippen LogP contribution in [0.25, 0.3) is 0 Å². The van der Waals surface area contributed by atoms with Crippen LogP contribution in [0.4, 0.5) is 0 Å². The van der Waals surface area contributed by atoms with Gasteiger partial charge in [0, 0.05) is 19.0 Å². The first-order valence-electron chi connectivity index (χ1n) is 7.61. The molecule has 19 heavy (non-hydrogen) atoms. The van der Waals surface area contributed by atoms with E-state index in [0.29, 0.717) is 6.04 Å². The number of nitrogens with one attached hydrogen (secondary N) is 1. The zero-order valence-electron chi connectivity index (χ0n) is 12.2. The Labute approximate surface area is 116 Å². The first-order chi connectivity index (χ1) is 9.33. The van der Waals surface area contributed by atoms with Crippen molar-refractivity contribution >= 4 is 0 Å². The second-order valence-electron chi connectivity index (χ2n) is 5.26. The Kier molecular flexibility index (Phi) is 5.58. The van der Waals surface area contributed by atoms with Crippen LogP contribution in [0.15, 0.2) is 18.0 Å². The smallest absolute Gasteiger partial charge is 0.138 e. The van der Waals surface area contributed by atoms with E-state index < -0.39 is 0 Å². The van der Waals surface area contributed by atoms with Crippen molar-refractivity contribution in [3.63, 3.8) is 0 Å². The monoisotopic (exact) mass is 262 g/mol. The van der Waals surface area contributed by atoms with Crippen molar-refractivity contribution < 1.29 is 0 Å². The summed E-state index contributed by atoms with van der Waals surface area (Å²) >= 11 is 0. The Morgan fingerprint density at radius 1 is 1.32 bits per heavy atom. The van der Waals surface area contributed by atoms with Gasteiger partial charge < -0.3 is 5.32 Å². The molecular weight excluding hydrogens is 236 g/mol. The SMILES string of the molecule is CCNC(CC1=CCCCC1)Cc1ncnn1CC. The normalized spacial score (nSPS) is 17.3. The Bertz CT molecular complexity index is 408. The van der Waals surface area contributed by atoms with Crippen LogP contribution in [0, 0.1) is 0 Å². The average molecular weight is 262 g/mol. The van der Waals surface area contributed by atoms with Gasteiger partial charge in [-0.2, -0.15) is 5.10 Å². The lowest BCUT2D eigenvalue weighted by atomic mass is 9.93. The van der Waals surface area contributed by atoms with Crippen LogP contribution in [0.3, 0.4) is 0 Å². The maximum atomic E-state index is 4.39. The molecule has 4 heteroatoms. The number of aromatic nitrogens is 3. The molecule has 0 aliphatic heterocycles. The van der Waals surface area contributed by atoms with E-state index in [0.717, 1.165) is 31.8 Å². The second kappa shape index (κ2) is 7.43. The van der Waals surface area contributed by atoms with Gasteiger partial charge in [0.1, 0.15) is 12.2 Å². The molecule has 2 rings (SSSR count). The summed E-state index contributed by atoms with van der Waals surface area (Å²) in [5.74, 6) is 1.10. The van der Waals surface area contributed by atoms with Crippen LogP contribution in [0.5, 0.6) is 0 Å². The second-order valence-corrected chi connectivity index (χ2v) is 5.26. The molecule has 1 aliphatic carbocycles. The molecule has 0 saturated carbocycles. The van der Waals surface area contributed by atoms with Gasteiger partial charge in [-0.15, -0.1) is 0 Å². The molecule has 1 aromatic rings. The summed E-state index contributed by atoms with van der Waals surface area (Å²) in [5, 5.41) is 7.86. The summed E-state index contributed by atoms with van der Waals surface area (Å²) in [6, 6.07) is 0.490. The molecule has 1 aromatic heterocycles. The lowest BCUT2D eigenvalue weighted by molar-refractivity contribution is 0.478. The van der Waals surface area contributed by atoms with Crippen molar-refractivity contribution in [3.05, 3.63) is 23.8 Å². The zero-order chi connectivity index (χ0) is 13.5. The summed E-state index contributed by atoms with van der Waals surface area (Å²) < 4.78 is 2.00. The maximum absolute atomic E-state index is 4.39. The van der Waals surface area contributed by atoms with Gasteiger partial charge in [-0.05, 0) is 45.6 Å². The van der Waals surface area contributed by atoms with Crippen molar-refractivity contribution in [3.8, 4) is 0 Å². The molecule has 0 aromatic carbocycles. The fourth-order valence-electron chi connectivity index (χ4n) is 2.84. The number of allylic oxidation sites excluding steroid dienone is 1. The molecule has 0 amide bonds. The Balaban J connectivity index is 1.97. The van der Waals surface area contributed by atoms with Gasteiger partial charge in [0.05, 0.1) is 0 Å². The molecule has 0 saturated heterocycles. The molecule has 1 heterocycles. The van der Waals surface area contributed by atoms with E-state index in [2.05, 4.69) is 35.3 Å². The quantitative estimate of drug-likeness (QED) is 0.768. The van der Waals surface area contributed by atoms with Crippen molar-refractivity contribution in [1.29, 1.82) is 0 Å². The Hall–Kier alpha value is -1.16. The maximum Gasteiger partial charge on any atom is 0.138 e. The molecular formula is C15H26N4.